The fraction of sp³-hybridized carbons (Fsp3) is 0.533. The zero-order valence-electron chi connectivity index (χ0n) is 12.8. The molecule has 0 fully saturated rings. The van der Waals surface area contributed by atoms with Gasteiger partial charge >= 0.3 is 0 Å². The number of sulfone groups is 1. The van der Waals surface area contributed by atoms with Crippen molar-refractivity contribution in [1.29, 1.82) is 0 Å². The van der Waals surface area contributed by atoms with Crippen molar-refractivity contribution in [2.45, 2.75) is 51.5 Å². The summed E-state index contributed by atoms with van der Waals surface area (Å²) >= 11 is 0. The van der Waals surface area contributed by atoms with Gasteiger partial charge in [-0.1, -0.05) is 24.6 Å². The van der Waals surface area contributed by atoms with Gasteiger partial charge < -0.3 is 5.32 Å². The molecule has 0 spiro atoms. The largest absolute Gasteiger partial charge is 0.350 e. The number of carbonyl (C=O) groups excluding carboxylic acids is 1. The van der Waals surface area contributed by atoms with E-state index in [1.54, 1.807) is 25.1 Å². The molecule has 0 aliphatic heterocycles. The van der Waals surface area contributed by atoms with Crippen LogP contribution in [0, 0.1) is 13.8 Å². The van der Waals surface area contributed by atoms with Gasteiger partial charge in [-0.05, 0) is 45.7 Å². The molecular weight excluding hydrogens is 274 g/mol. The van der Waals surface area contributed by atoms with Crippen LogP contribution in [0.25, 0.3) is 0 Å². The van der Waals surface area contributed by atoms with E-state index in [0.717, 1.165) is 12.0 Å². The Morgan fingerprint density at radius 3 is 2.35 bits per heavy atom. The highest BCUT2D eigenvalue weighted by molar-refractivity contribution is 7.92. The van der Waals surface area contributed by atoms with Crippen molar-refractivity contribution >= 4 is 15.7 Å². The zero-order valence-corrected chi connectivity index (χ0v) is 13.6. The van der Waals surface area contributed by atoms with E-state index < -0.39 is 27.0 Å². The predicted octanol–water partition coefficient (Wildman–Crippen LogP) is 2.38. The van der Waals surface area contributed by atoms with Crippen LogP contribution in [0.4, 0.5) is 0 Å². The van der Waals surface area contributed by atoms with Gasteiger partial charge in [0.2, 0.25) is 5.91 Å². The molecule has 1 rings (SSSR count). The molecule has 112 valence electrons. The van der Waals surface area contributed by atoms with Crippen LogP contribution in [0.5, 0.6) is 0 Å². The second kappa shape index (κ2) is 5.95. The van der Waals surface area contributed by atoms with Crippen LogP contribution in [0.15, 0.2) is 23.1 Å². The third-order valence-electron chi connectivity index (χ3n) is 3.35. The van der Waals surface area contributed by atoms with E-state index in [9.17, 15) is 13.2 Å². The number of hydrogen-bond donors (Lipinski definition) is 1. The van der Waals surface area contributed by atoms with Gasteiger partial charge in [0.25, 0.3) is 0 Å². The molecule has 0 saturated carbocycles. The molecule has 0 bridgehead atoms. The van der Waals surface area contributed by atoms with E-state index in [1.165, 1.54) is 0 Å². The van der Waals surface area contributed by atoms with Crippen LogP contribution >= 0.6 is 0 Å². The molecule has 1 aromatic rings. The fourth-order valence-electron chi connectivity index (χ4n) is 1.90. The third kappa shape index (κ3) is 4.34. The van der Waals surface area contributed by atoms with Crippen molar-refractivity contribution in [3.8, 4) is 0 Å². The SMILES string of the molecule is CCC(C)(C)NC(=O)CS(=O)(=O)c1ccc(C)cc1C. The Balaban J connectivity index is 2.93. The molecule has 1 amide bonds. The van der Waals surface area contributed by atoms with Gasteiger partial charge in [-0.15, -0.1) is 0 Å². The number of hydrogen-bond acceptors (Lipinski definition) is 3. The van der Waals surface area contributed by atoms with Crippen LogP contribution in [0.1, 0.15) is 38.3 Å². The van der Waals surface area contributed by atoms with Gasteiger partial charge in [0.1, 0.15) is 5.75 Å². The summed E-state index contributed by atoms with van der Waals surface area (Å²) in [5.41, 5.74) is 1.28. The molecule has 0 atom stereocenters. The van der Waals surface area contributed by atoms with Gasteiger partial charge in [0.15, 0.2) is 9.84 Å². The van der Waals surface area contributed by atoms with Crippen molar-refractivity contribution in [2.75, 3.05) is 5.75 Å². The Bertz CT molecular complexity index is 604. The van der Waals surface area contributed by atoms with Crippen molar-refractivity contribution in [3.63, 3.8) is 0 Å². The summed E-state index contributed by atoms with van der Waals surface area (Å²) < 4.78 is 24.6. The van der Waals surface area contributed by atoms with Gasteiger partial charge in [0, 0.05) is 5.54 Å². The lowest BCUT2D eigenvalue weighted by Gasteiger charge is -2.24. The molecule has 0 saturated heterocycles. The fourth-order valence-corrected chi connectivity index (χ4v) is 3.30. The van der Waals surface area contributed by atoms with E-state index in [1.807, 2.05) is 27.7 Å². The number of benzene rings is 1. The average Bonchev–Trinajstić information content (AvgIpc) is 2.26. The van der Waals surface area contributed by atoms with Crippen LogP contribution in [0.2, 0.25) is 0 Å². The standard InChI is InChI=1S/C15H23NO3S/c1-6-15(4,5)16-14(17)10-20(18,19)13-8-7-11(2)9-12(13)3/h7-9H,6,10H2,1-5H3,(H,16,17). The molecule has 0 aromatic heterocycles. The summed E-state index contributed by atoms with van der Waals surface area (Å²) in [5.74, 6) is -0.975. The Labute approximate surface area is 121 Å². The van der Waals surface area contributed by atoms with Gasteiger partial charge in [-0.3, -0.25) is 4.79 Å². The first kappa shape index (κ1) is 16.7. The van der Waals surface area contributed by atoms with Crippen LogP contribution < -0.4 is 5.32 Å². The molecule has 0 aliphatic rings. The van der Waals surface area contributed by atoms with Crippen LogP contribution in [-0.4, -0.2) is 25.6 Å². The lowest BCUT2D eigenvalue weighted by molar-refractivity contribution is -0.120. The summed E-state index contributed by atoms with van der Waals surface area (Å²) in [6.45, 7) is 9.33. The summed E-state index contributed by atoms with van der Waals surface area (Å²) in [4.78, 5) is 12.1. The molecular formula is C15H23NO3S. The minimum atomic E-state index is -3.60. The van der Waals surface area contributed by atoms with Crippen molar-refractivity contribution in [3.05, 3.63) is 29.3 Å². The molecule has 4 nitrogen and oxygen atoms in total. The summed E-state index contributed by atoms with van der Waals surface area (Å²) in [5, 5.41) is 2.74. The number of aryl methyl sites for hydroxylation is 2. The quantitative estimate of drug-likeness (QED) is 0.907. The molecule has 0 aliphatic carbocycles. The number of nitrogens with one attached hydrogen (secondary N) is 1. The van der Waals surface area contributed by atoms with Crippen molar-refractivity contribution in [2.24, 2.45) is 0 Å². The Morgan fingerprint density at radius 1 is 1.25 bits per heavy atom. The Kier molecular flexibility index (Phi) is 4.97. The molecule has 20 heavy (non-hydrogen) atoms. The summed E-state index contributed by atoms with van der Waals surface area (Å²) in [6, 6.07) is 5.12. The topological polar surface area (TPSA) is 63.2 Å². The van der Waals surface area contributed by atoms with Crippen molar-refractivity contribution < 1.29 is 13.2 Å². The van der Waals surface area contributed by atoms with E-state index >= 15 is 0 Å². The van der Waals surface area contributed by atoms with Crippen LogP contribution in [0.3, 0.4) is 0 Å². The molecule has 0 unspecified atom stereocenters. The second-order valence-corrected chi connectivity index (χ2v) is 7.77. The maximum Gasteiger partial charge on any atom is 0.235 e. The zero-order chi connectivity index (χ0) is 15.6. The lowest BCUT2D eigenvalue weighted by Crippen LogP contribution is -2.45. The second-order valence-electron chi connectivity index (χ2n) is 5.81. The lowest BCUT2D eigenvalue weighted by atomic mass is 10.0. The average molecular weight is 297 g/mol. The number of rotatable bonds is 5. The number of amides is 1. The highest BCUT2D eigenvalue weighted by Crippen LogP contribution is 2.18. The molecule has 1 N–H and O–H groups in total. The Morgan fingerprint density at radius 2 is 1.85 bits per heavy atom. The smallest absolute Gasteiger partial charge is 0.235 e. The van der Waals surface area contributed by atoms with Gasteiger partial charge in [-0.2, -0.15) is 0 Å². The Hall–Kier alpha value is -1.36. The third-order valence-corrected chi connectivity index (χ3v) is 5.12. The number of carbonyl (C=O) groups is 1. The van der Waals surface area contributed by atoms with E-state index in [0.29, 0.717) is 5.56 Å². The van der Waals surface area contributed by atoms with Gasteiger partial charge in [-0.25, -0.2) is 8.42 Å². The molecule has 0 radical (unpaired) electrons. The minimum absolute atomic E-state index is 0.229. The monoisotopic (exact) mass is 297 g/mol. The normalized spacial score (nSPS) is 12.2. The van der Waals surface area contributed by atoms with Crippen LogP contribution in [-0.2, 0) is 14.6 Å². The highest BCUT2D eigenvalue weighted by Gasteiger charge is 2.25. The predicted molar refractivity (Wildman–Crippen MR) is 80.5 cm³/mol. The van der Waals surface area contributed by atoms with Gasteiger partial charge in [0.05, 0.1) is 4.90 Å². The molecule has 5 heteroatoms. The first-order chi connectivity index (χ1) is 9.07. The first-order valence-electron chi connectivity index (χ1n) is 6.68. The van der Waals surface area contributed by atoms with E-state index in [-0.39, 0.29) is 4.90 Å². The highest BCUT2D eigenvalue weighted by atomic mass is 32.2. The van der Waals surface area contributed by atoms with Crippen molar-refractivity contribution in [1.82, 2.24) is 5.32 Å². The maximum atomic E-state index is 12.3. The van der Waals surface area contributed by atoms with E-state index in [4.69, 9.17) is 0 Å². The molecule has 1 aromatic carbocycles. The van der Waals surface area contributed by atoms with E-state index in [2.05, 4.69) is 5.32 Å². The summed E-state index contributed by atoms with van der Waals surface area (Å²) in [6.07, 6.45) is 0.738. The first-order valence-corrected chi connectivity index (χ1v) is 8.33. The summed E-state index contributed by atoms with van der Waals surface area (Å²) in [7, 11) is -3.60. The maximum absolute atomic E-state index is 12.3. The minimum Gasteiger partial charge on any atom is -0.350 e. The molecule has 0 heterocycles.